The van der Waals surface area contributed by atoms with Gasteiger partial charge in [0.25, 0.3) is 0 Å². The fourth-order valence-corrected chi connectivity index (χ4v) is 8.08. The third-order valence-corrected chi connectivity index (χ3v) is 10.9. The molecule has 6 aromatic rings. The number of ketones is 1. The molecule has 0 amide bonds. The molecule has 272 valence electrons. The molecule has 6 rings (SSSR count). The normalized spacial score (nSPS) is 11.4. The minimum atomic E-state index is -1.22. The summed E-state index contributed by atoms with van der Waals surface area (Å²) in [5, 5.41) is 0. The highest BCUT2D eigenvalue weighted by Crippen LogP contribution is 2.21. The van der Waals surface area contributed by atoms with Gasteiger partial charge in [0, 0.05) is 16.7 Å². The van der Waals surface area contributed by atoms with Crippen molar-refractivity contribution in [2.75, 3.05) is 19.6 Å². The molecule has 2 nitrogen and oxygen atoms in total. The van der Waals surface area contributed by atoms with Gasteiger partial charge in [0.15, 0.2) is 5.78 Å². The predicted molar refractivity (Wildman–Crippen MR) is 230 cm³/mol. The van der Waals surface area contributed by atoms with E-state index in [2.05, 4.69) is 154 Å². The molecule has 6 aromatic carbocycles. The molecule has 53 heavy (non-hydrogen) atoms. The second-order valence-corrected chi connectivity index (χ2v) is 14.6. The minimum Gasteiger partial charge on any atom is -0.320 e. The Balaban J connectivity index is 0.000000205. The van der Waals surface area contributed by atoms with E-state index in [-0.39, 0.29) is 5.78 Å². The van der Waals surface area contributed by atoms with E-state index in [1.807, 2.05) is 42.5 Å². The molecule has 0 aliphatic rings. The molecule has 0 aliphatic carbocycles. The van der Waals surface area contributed by atoms with Crippen LogP contribution in [0.1, 0.15) is 80.8 Å². The Kier molecular flexibility index (Phi) is 15.0. The molecule has 0 bridgehead atoms. The lowest BCUT2D eigenvalue weighted by Crippen LogP contribution is -2.74. The van der Waals surface area contributed by atoms with Gasteiger partial charge in [-0.1, -0.05) is 216 Å². The van der Waals surface area contributed by atoms with Crippen molar-refractivity contribution in [3.8, 4) is 0 Å². The monoisotopic (exact) mass is 699 g/mol. The van der Waals surface area contributed by atoms with E-state index < -0.39 is 6.15 Å². The number of hydrogen-bond acceptors (Lipinski definition) is 1. The molecule has 0 N–H and O–H groups in total. The molecule has 0 heterocycles. The van der Waals surface area contributed by atoms with Gasteiger partial charge in [0.1, 0.15) is 12.7 Å². The van der Waals surface area contributed by atoms with Crippen molar-refractivity contribution in [3.63, 3.8) is 0 Å². The molecule has 3 heteroatoms. The van der Waals surface area contributed by atoms with E-state index in [4.69, 9.17) is 0 Å². The summed E-state index contributed by atoms with van der Waals surface area (Å²) in [6.07, 6.45) is 6.41. The molecule has 0 radical (unpaired) electrons. The molecule has 0 unspecified atom stereocenters. The van der Waals surface area contributed by atoms with Gasteiger partial charge in [-0.15, -0.1) is 0 Å². The Morgan fingerprint density at radius 3 is 1.04 bits per heavy atom. The topological polar surface area (TPSA) is 17.1 Å². The van der Waals surface area contributed by atoms with E-state index in [0.29, 0.717) is 0 Å². The van der Waals surface area contributed by atoms with Crippen molar-refractivity contribution in [2.24, 2.45) is 0 Å². The third-order valence-electron chi connectivity index (χ3n) is 10.9. The molecule has 0 aliphatic heterocycles. The van der Waals surface area contributed by atoms with Gasteiger partial charge in [-0.05, 0) is 19.3 Å². The number of quaternary nitrogens is 1. The summed E-state index contributed by atoms with van der Waals surface area (Å²) in [7, 11) is 0. The molecule has 0 saturated heterocycles. The number of rotatable bonds is 17. The second-order valence-electron chi connectivity index (χ2n) is 14.6. The van der Waals surface area contributed by atoms with Gasteiger partial charge in [0.2, 0.25) is 0 Å². The molecule has 0 fully saturated rings. The first-order valence-corrected chi connectivity index (χ1v) is 20.0. The number of hydrogen-bond donors (Lipinski definition) is 0. The van der Waals surface area contributed by atoms with Crippen molar-refractivity contribution in [1.29, 1.82) is 0 Å². The Bertz CT molecular complexity index is 1710. The van der Waals surface area contributed by atoms with Gasteiger partial charge in [-0.2, -0.15) is 21.9 Å². The van der Waals surface area contributed by atoms with Crippen LogP contribution in [-0.4, -0.2) is 36.0 Å². The van der Waals surface area contributed by atoms with Crippen LogP contribution in [0, 0.1) is 0 Å². The molecule has 0 aromatic heterocycles. The second kappa shape index (κ2) is 20.3. The largest absolute Gasteiger partial charge is 0.320 e. The van der Waals surface area contributed by atoms with E-state index in [9.17, 15) is 4.79 Å². The Hall–Kier alpha value is -4.99. The molecular formula is C50H58BNO. The van der Waals surface area contributed by atoms with Crippen LogP contribution in [-0.2, 0) is 6.54 Å². The molecule has 0 spiro atoms. The number of benzene rings is 6. The maximum atomic E-state index is 12.7. The highest BCUT2D eigenvalue weighted by Gasteiger charge is 2.31. The first kappa shape index (κ1) is 39.2. The average molecular weight is 700 g/mol. The smallest absolute Gasteiger partial charge is 0.193 e. The summed E-state index contributed by atoms with van der Waals surface area (Å²) in [6.45, 7) is 11.7. The fraction of sp³-hybridized carbons (Fsp3) is 0.260. The average Bonchev–Trinajstić information content (AvgIpc) is 3.24. The van der Waals surface area contributed by atoms with Gasteiger partial charge in [-0.25, -0.2) is 0 Å². The summed E-state index contributed by atoms with van der Waals surface area (Å²) < 4.78 is 1.20. The van der Waals surface area contributed by atoms with Crippen molar-refractivity contribution < 1.29 is 9.28 Å². The maximum absolute atomic E-state index is 12.7. The number of carbonyl (C=O) groups is 1. The molecular weight excluding hydrogens is 641 g/mol. The number of carbonyl (C=O) groups excluding carboxylic acids is 1. The summed E-state index contributed by atoms with van der Waals surface area (Å²) in [4.78, 5) is 12.7. The highest BCUT2D eigenvalue weighted by molar-refractivity contribution is 7.19. The minimum absolute atomic E-state index is 0.107. The van der Waals surface area contributed by atoms with E-state index >= 15 is 0 Å². The van der Waals surface area contributed by atoms with E-state index in [0.717, 1.165) is 17.7 Å². The first-order valence-electron chi connectivity index (χ1n) is 20.0. The van der Waals surface area contributed by atoms with Crippen molar-refractivity contribution in [2.45, 2.75) is 65.8 Å². The Morgan fingerprint density at radius 1 is 0.415 bits per heavy atom. The summed E-state index contributed by atoms with van der Waals surface area (Å²) in [5.41, 5.74) is 8.25. The van der Waals surface area contributed by atoms with Crippen LogP contribution in [0.25, 0.3) is 0 Å². The van der Waals surface area contributed by atoms with Crippen LogP contribution < -0.4 is 21.9 Å². The van der Waals surface area contributed by atoms with E-state index in [1.54, 1.807) is 0 Å². The zero-order valence-electron chi connectivity index (χ0n) is 32.2. The van der Waals surface area contributed by atoms with Gasteiger partial charge in [0.05, 0.1) is 19.6 Å². The standard InChI is InChI=1S/C26H38NO.C24H20B/c1-4-7-19-27(20-8-5-2,21-9-6-3)22-23-15-17-25(18-16-23)26(28)24-13-11-10-12-14-24;1-5-13-21(14-6-1)25(22-15-7-2-8-16-22,23-17-9-3-10-18-23)24-19-11-4-12-20-24/h10-18H,4-9,19-22H2,1-3H3;1-20H/q+1;-1. The van der Waals surface area contributed by atoms with Crippen molar-refractivity contribution in [3.05, 3.63) is 193 Å². The van der Waals surface area contributed by atoms with Crippen molar-refractivity contribution in [1.82, 2.24) is 0 Å². The molecule has 0 saturated carbocycles. The molecule has 0 atom stereocenters. The number of unbranched alkanes of at least 4 members (excludes halogenated alkanes) is 3. The van der Waals surface area contributed by atoms with Crippen LogP contribution in [0.3, 0.4) is 0 Å². The van der Waals surface area contributed by atoms with Crippen LogP contribution in [0.15, 0.2) is 176 Å². The predicted octanol–water partition coefficient (Wildman–Crippen LogP) is 9.70. The first-order chi connectivity index (χ1) is 26.1. The van der Waals surface area contributed by atoms with Gasteiger partial charge in [-0.3, -0.25) is 4.79 Å². The lowest BCUT2D eigenvalue weighted by molar-refractivity contribution is -0.941. The van der Waals surface area contributed by atoms with Gasteiger partial charge >= 0.3 is 0 Å². The lowest BCUT2D eigenvalue weighted by atomic mass is 9.13. The van der Waals surface area contributed by atoms with Crippen molar-refractivity contribution >= 4 is 33.8 Å². The van der Waals surface area contributed by atoms with Gasteiger partial charge < -0.3 is 4.48 Å². The Morgan fingerprint density at radius 2 is 0.717 bits per heavy atom. The SMILES string of the molecule is CCCC[N+](CCCC)(CCCC)Cc1ccc(C(=O)c2ccccc2)cc1.c1ccc([B-](c2ccccc2)(c2ccccc2)c2ccccc2)cc1. The van der Waals surface area contributed by atoms with Crippen LogP contribution in [0.2, 0.25) is 0 Å². The Labute approximate surface area is 320 Å². The summed E-state index contributed by atoms with van der Waals surface area (Å²) in [5.74, 6) is 0.107. The van der Waals surface area contributed by atoms with Crippen LogP contribution in [0.5, 0.6) is 0 Å². The highest BCUT2D eigenvalue weighted by atomic mass is 16.1. The maximum Gasteiger partial charge on any atom is 0.193 e. The van der Waals surface area contributed by atoms with Crippen LogP contribution in [0.4, 0.5) is 0 Å². The summed E-state index contributed by atoms with van der Waals surface area (Å²) in [6, 6.07) is 61.5. The fourth-order valence-electron chi connectivity index (χ4n) is 8.08. The van der Waals surface area contributed by atoms with E-state index in [1.165, 1.54) is 90.1 Å². The zero-order chi connectivity index (χ0) is 37.2. The quantitative estimate of drug-likeness (QED) is 0.0527. The lowest BCUT2D eigenvalue weighted by Gasteiger charge is -2.44. The third kappa shape index (κ3) is 10.1. The van der Waals surface area contributed by atoms with Crippen LogP contribution >= 0.6 is 0 Å². The zero-order valence-corrected chi connectivity index (χ0v) is 32.2. The number of nitrogens with zero attached hydrogens (tertiary/aromatic N) is 1. The summed E-state index contributed by atoms with van der Waals surface area (Å²) >= 11 is 0.